The van der Waals surface area contributed by atoms with E-state index in [1.807, 2.05) is 37.3 Å². The van der Waals surface area contributed by atoms with Gasteiger partial charge in [-0.25, -0.2) is 4.79 Å². The van der Waals surface area contributed by atoms with Crippen molar-refractivity contribution >= 4 is 6.16 Å². The van der Waals surface area contributed by atoms with Crippen LogP contribution in [0.2, 0.25) is 0 Å². The van der Waals surface area contributed by atoms with Gasteiger partial charge in [0.15, 0.2) is 0 Å². The van der Waals surface area contributed by atoms with Crippen LogP contribution in [-0.2, 0) is 6.61 Å². The van der Waals surface area contributed by atoms with Crippen LogP contribution in [0.25, 0.3) is 0 Å². The van der Waals surface area contributed by atoms with Crippen LogP contribution in [0.15, 0.2) is 43.0 Å². The highest BCUT2D eigenvalue weighted by atomic mass is 16.6. The molecule has 0 saturated carbocycles. The average molecular weight is 212 g/mol. The molecule has 1 rings (SSSR count). The Morgan fingerprint density at radius 2 is 1.67 bits per heavy atom. The van der Waals surface area contributed by atoms with Crippen LogP contribution in [0.5, 0.6) is 0 Å². The molecule has 3 N–H and O–H groups in total. The summed E-state index contributed by atoms with van der Waals surface area (Å²) in [5, 5.41) is 22.5. The van der Waals surface area contributed by atoms with E-state index in [0.717, 1.165) is 5.56 Å². The lowest BCUT2D eigenvalue weighted by Gasteiger charge is -1.89. The molecule has 0 unspecified atom stereocenters. The molecule has 4 heteroatoms. The zero-order chi connectivity index (χ0) is 12.1. The Balaban J connectivity index is 0. The predicted octanol–water partition coefficient (Wildman–Crippen LogP) is 2.59. The molecule has 0 aliphatic rings. The van der Waals surface area contributed by atoms with Crippen molar-refractivity contribution < 1.29 is 20.1 Å². The Morgan fingerprint density at radius 3 is 1.87 bits per heavy atom. The van der Waals surface area contributed by atoms with Crippen LogP contribution >= 0.6 is 0 Å². The third kappa shape index (κ3) is 18.9. The maximum absolute atomic E-state index is 8.56. The van der Waals surface area contributed by atoms with Gasteiger partial charge in [0.2, 0.25) is 0 Å². The normalized spacial score (nSPS) is 7.33. The molecule has 1 aromatic rings. The molecule has 0 aromatic heterocycles. The third-order valence-corrected chi connectivity index (χ3v) is 1.03. The Kier molecular flexibility index (Phi) is 12.7. The highest BCUT2D eigenvalue weighted by molar-refractivity contribution is 5.53. The lowest BCUT2D eigenvalue weighted by molar-refractivity contribution is 0.137. The summed E-state index contributed by atoms with van der Waals surface area (Å²) in [5.41, 5.74) is 0.965. The lowest BCUT2D eigenvalue weighted by Crippen LogP contribution is -1.81. The van der Waals surface area contributed by atoms with Crippen molar-refractivity contribution in [1.82, 2.24) is 0 Å². The first kappa shape index (κ1) is 15.7. The van der Waals surface area contributed by atoms with Gasteiger partial charge in [-0.05, 0) is 12.5 Å². The standard InChI is InChI=1S/C7H8O.C3H6.CH2O3/c8-6-7-4-2-1-3-5-7;1-3-2;2-1(3)4/h1-5,8H,6H2;3H,1H2,2H3;(H2,2,3,4). The molecule has 0 aliphatic heterocycles. The summed E-state index contributed by atoms with van der Waals surface area (Å²) in [7, 11) is 0. The van der Waals surface area contributed by atoms with Crippen LogP contribution in [-0.4, -0.2) is 21.5 Å². The first-order valence-electron chi connectivity index (χ1n) is 4.22. The molecule has 0 spiro atoms. The number of aliphatic hydroxyl groups is 1. The van der Waals surface area contributed by atoms with E-state index >= 15 is 0 Å². The Bertz CT molecular complexity index is 253. The minimum Gasteiger partial charge on any atom is -0.450 e. The van der Waals surface area contributed by atoms with Gasteiger partial charge in [-0.15, -0.1) is 6.58 Å². The van der Waals surface area contributed by atoms with E-state index in [0.29, 0.717) is 0 Å². The van der Waals surface area contributed by atoms with E-state index in [1.54, 1.807) is 6.08 Å². The maximum atomic E-state index is 8.56. The number of rotatable bonds is 1. The number of carboxylic acid groups (broad SMARTS) is 2. The van der Waals surface area contributed by atoms with Crippen molar-refractivity contribution in [2.75, 3.05) is 0 Å². The molecule has 4 nitrogen and oxygen atoms in total. The van der Waals surface area contributed by atoms with Crippen LogP contribution in [0.3, 0.4) is 0 Å². The quantitative estimate of drug-likeness (QED) is 0.625. The summed E-state index contributed by atoms with van der Waals surface area (Å²) in [5.74, 6) is 0. The summed E-state index contributed by atoms with van der Waals surface area (Å²) in [6.45, 7) is 5.39. The second kappa shape index (κ2) is 12.2. The summed E-state index contributed by atoms with van der Waals surface area (Å²) in [6.07, 6.45) is -0.0833. The van der Waals surface area contributed by atoms with E-state index < -0.39 is 6.16 Å². The first-order valence-corrected chi connectivity index (χ1v) is 4.22. The minimum atomic E-state index is -1.83. The van der Waals surface area contributed by atoms with E-state index in [9.17, 15) is 0 Å². The van der Waals surface area contributed by atoms with Crippen LogP contribution in [0.1, 0.15) is 12.5 Å². The van der Waals surface area contributed by atoms with Gasteiger partial charge in [0.1, 0.15) is 0 Å². The summed E-state index contributed by atoms with van der Waals surface area (Å²) >= 11 is 0. The predicted molar refractivity (Wildman–Crippen MR) is 58.9 cm³/mol. The molecule has 15 heavy (non-hydrogen) atoms. The van der Waals surface area contributed by atoms with Gasteiger partial charge in [-0.1, -0.05) is 36.4 Å². The van der Waals surface area contributed by atoms with Crippen molar-refractivity contribution in [2.45, 2.75) is 13.5 Å². The molecule has 0 radical (unpaired) electrons. The first-order chi connectivity index (χ1) is 7.08. The zero-order valence-corrected chi connectivity index (χ0v) is 8.63. The molecule has 1 aromatic carbocycles. The van der Waals surface area contributed by atoms with Crippen molar-refractivity contribution in [1.29, 1.82) is 0 Å². The molecule has 0 heterocycles. The number of aliphatic hydroxyl groups excluding tert-OH is 1. The topological polar surface area (TPSA) is 77.8 Å². The number of benzene rings is 1. The number of allylic oxidation sites excluding steroid dienone is 1. The largest absolute Gasteiger partial charge is 0.503 e. The summed E-state index contributed by atoms with van der Waals surface area (Å²) in [4.78, 5) is 8.56. The van der Waals surface area contributed by atoms with Crippen molar-refractivity contribution in [3.8, 4) is 0 Å². The van der Waals surface area contributed by atoms with E-state index in [4.69, 9.17) is 20.1 Å². The fraction of sp³-hybridized carbons (Fsp3) is 0.182. The Morgan fingerprint density at radius 1 is 1.33 bits per heavy atom. The lowest BCUT2D eigenvalue weighted by atomic mass is 10.2. The van der Waals surface area contributed by atoms with Crippen LogP contribution in [0.4, 0.5) is 4.79 Å². The van der Waals surface area contributed by atoms with Gasteiger partial charge in [0, 0.05) is 0 Å². The minimum absolute atomic E-state index is 0.140. The van der Waals surface area contributed by atoms with Gasteiger partial charge in [-0.2, -0.15) is 0 Å². The number of hydrogen-bond acceptors (Lipinski definition) is 2. The molecule has 0 bridgehead atoms. The molecule has 84 valence electrons. The molecule has 0 saturated heterocycles. The van der Waals surface area contributed by atoms with Crippen molar-refractivity contribution in [3.63, 3.8) is 0 Å². The Hall–Kier alpha value is -1.81. The monoisotopic (exact) mass is 212 g/mol. The van der Waals surface area contributed by atoms with Crippen molar-refractivity contribution in [2.24, 2.45) is 0 Å². The Labute approximate surface area is 89.1 Å². The highest BCUT2D eigenvalue weighted by Gasteiger charge is 1.81. The SMILES string of the molecule is C=CC.O=C(O)O.OCc1ccccc1. The van der Waals surface area contributed by atoms with E-state index in [-0.39, 0.29) is 6.61 Å². The molecular weight excluding hydrogens is 196 g/mol. The summed E-state index contributed by atoms with van der Waals surface area (Å²) < 4.78 is 0. The zero-order valence-electron chi connectivity index (χ0n) is 8.63. The van der Waals surface area contributed by atoms with Gasteiger partial charge < -0.3 is 15.3 Å². The number of carbonyl (C=O) groups is 1. The van der Waals surface area contributed by atoms with E-state index in [2.05, 4.69) is 6.58 Å². The molecule has 0 fully saturated rings. The van der Waals surface area contributed by atoms with Gasteiger partial charge >= 0.3 is 6.16 Å². The second-order valence-electron chi connectivity index (χ2n) is 2.33. The maximum Gasteiger partial charge on any atom is 0.503 e. The van der Waals surface area contributed by atoms with Crippen LogP contribution < -0.4 is 0 Å². The highest BCUT2D eigenvalue weighted by Crippen LogP contribution is 1.95. The molecule has 0 amide bonds. The number of hydrogen-bond donors (Lipinski definition) is 3. The fourth-order valence-electron chi connectivity index (χ4n) is 0.583. The van der Waals surface area contributed by atoms with Gasteiger partial charge in [0.05, 0.1) is 6.61 Å². The van der Waals surface area contributed by atoms with Crippen LogP contribution in [0, 0.1) is 0 Å². The smallest absolute Gasteiger partial charge is 0.450 e. The molecular formula is C11H16O4. The second-order valence-corrected chi connectivity index (χ2v) is 2.33. The fourth-order valence-corrected chi connectivity index (χ4v) is 0.583. The molecule has 0 aliphatic carbocycles. The third-order valence-electron chi connectivity index (χ3n) is 1.03. The van der Waals surface area contributed by atoms with E-state index in [1.165, 1.54) is 0 Å². The van der Waals surface area contributed by atoms with Gasteiger partial charge in [0.25, 0.3) is 0 Å². The van der Waals surface area contributed by atoms with Crippen molar-refractivity contribution in [3.05, 3.63) is 48.6 Å². The average Bonchev–Trinajstić information content (AvgIpc) is 2.19. The van der Waals surface area contributed by atoms with Gasteiger partial charge in [-0.3, -0.25) is 0 Å². The summed E-state index contributed by atoms with van der Waals surface area (Å²) in [6, 6.07) is 9.52. The molecule has 0 atom stereocenters.